The average molecular weight is 542 g/mol. The van der Waals surface area contributed by atoms with E-state index in [1.165, 1.54) is 0 Å². The number of hydrogen-bond acceptors (Lipinski definition) is 7. The molecular weight excluding hydrogens is 502 g/mol. The van der Waals surface area contributed by atoms with E-state index >= 15 is 0 Å². The lowest BCUT2D eigenvalue weighted by Crippen LogP contribution is -2.47. The molecule has 1 aromatic carbocycles. The van der Waals surface area contributed by atoms with E-state index in [4.69, 9.17) is 9.72 Å². The first-order chi connectivity index (χ1) is 19.0. The Morgan fingerprint density at radius 1 is 0.925 bits per heavy atom. The van der Waals surface area contributed by atoms with Crippen LogP contribution < -0.4 is 4.90 Å². The number of benzene rings is 1. The van der Waals surface area contributed by atoms with E-state index in [0.29, 0.717) is 6.54 Å². The van der Waals surface area contributed by atoms with Crippen LogP contribution in [0.25, 0.3) is 33.3 Å². The number of hydrogen-bond donors (Lipinski definition) is 1. The molecule has 0 unspecified atom stereocenters. The topological polar surface area (TPSA) is 83.7 Å². The number of piperazine rings is 1. The van der Waals surface area contributed by atoms with Crippen molar-refractivity contribution in [2.75, 3.05) is 44.2 Å². The van der Waals surface area contributed by atoms with Gasteiger partial charge in [-0.1, -0.05) is 12.1 Å². The molecule has 4 aromatic rings. The molecule has 0 atom stereocenters. The average Bonchev–Trinajstić information content (AvgIpc) is 3.20. The summed E-state index contributed by atoms with van der Waals surface area (Å²) in [6, 6.07) is 14.5. The number of aryl methyl sites for hydroxylation is 3. The second-order valence-corrected chi connectivity index (χ2v) is 11.6. The van der Waals surface area contributed by atoms with Crippen molar-refractivity contribution in [3.63, 3.8) is 0 Å². The molecule has 40 heavy (non-hydrogen) atoms. The van der Waals surface area contributed by atoms with E-state index in [2.05, 4.69) is 45.1 Å². The monoisotopic (exact) mass is 541 g/mol. The molecule has 0 bridgehead atoms. The molecule has 0 spiro atoms. The molecule has 1 saturated heterocycles. The molecule has 1 aliphatic rings. The lowest BCUT2D eigenvalue weighted by atomic mass is 10.0. The Bertz CT molecular complexity index is 1510. The second-order valence-electron chi connectivity index (χ2n) is 11.6. The molecule has 3 aromatic heterocycles. The van der Waals surface area contributed by atoms with Crippen molar-refractivity contribution in [3.05, 3.63) is 65.6 Å². The summed E-state index contributed by atoms with van der Waals surface area (Å²) in [7, 11) is 0. The number of nitrogens with zero attached hydrogens (tertiary/aromatic N) is 5. The fraction of sp³-hybridized carbons (Fsp3) is 0.406. The molecular formula is C32H39N5O3. The third kappa shape index (κ3) is 5.74. The molecule has 1 N–H and O–H groups in total. The predicted octanol–water partition coefficient (Wildman–Crippen LogP) is 5.59. The van der Waals surface area contributed by atoms with Gasteiger partial charge in [0.2, 0.25) is 0 Å². The lowest BCUT2D eigenvalue weighted by Gasteiger charge is -2.35. The number of fused-ring (bicyclic) bond motifs is 1. The Hall–Kier alpha value is -3.75. The summed E-state index contributed by atoms with van der Waals surface area (Å²) in [5.74, 6) is 0.913. The summed E-state index contributed by atoms with van der Waals surface area (Å²) in [6.45, 7) is 16.1. The number of aliphatic hydroxyl groups is 1. The Morgan fingerprint density at radius 3 is 2.20 bits per heavy atom. The Labute approximate surface area is 236 Å². The standard InChI is InChI=1S/C32H39N5O3/c1-21-17-26(18-22(2)34-21)24-7-9-27-23(3)30(37(28(27)19-24)31(39)40-32(4,5)6)25-8-10-29(33-20-25)36-13-11-35(12-14-36)15-16-38/h7-10,17-20,38H,11-16H2,1-6H3. The van der Waals surface area contributed by atoms with Gasteiger partial charge in [-0.3, -0.25) is 9.88 Å². The first kappa shape index (κ1) is 27.8. The highest BCUT2D eigenvalue weighted by molar-refractivity contribution is 6.01. The van der Waals surface area contributed by atoms with Crippen molar-refractivity contribution in [2.45, 2.75) is 47.1 Å². The highest BCUT2D eigenvalue weighted by atomic mass is 16.6. The summed E-state index contributed by atoms with van der Waals surface area (Å²) in [5.41, 5.74) is 6.80. The van der Waals surface area contributed by atoms with Crippen LogP contribution in [0, 0.1) is 20.8 Å². The number of aliphatic hydroxyl groups excluding tert-OH is 1. The zero-order valence-corrected chi connectivity index (χ0v) is 24.4. The zero-order valence-electron chi connectivity index (χ0n) is 24.4. The number of aromatic nitrogens is 3. The third-order valence-corrected chi connectivity index (χ3v) is 7.35. The highest BCUT2D eigenvalue weighted by Gasteiger charge is 2.26. The van der Waals surface area contributed by atoms with Gasteiger partial charge in [0.1, 0.15) is 11.4 Å². The van der Waals surface area contributed by atoms with Crippen LogP contribution >= 0.6 is 0 Å². The molecule has 0 saturated carbocycles. The maximum Gasteiger partial charge on any atom is 0.419 e. The van der Waals surface area contributed by atoms with Gasteiger partial charge in [0.05, 0.1) is 17.8 Å². The van der Waals surface area contributed by atoms with Crippen LogP contribution in [0.15, 0.2) is 48.7 Å². The minimum atomic E-state index is -0.643. The third-order valence-electron chi connectivity index (χ3n) is 7.35. The normalized spacial score (nSPS) is 14.6. The first-order valence-electron chi connectivity index (χ1n) is 13.9. The number of ether oxygens (including phenoxy) is 1. The van der Waals surface area contributed by atoms with E-state index in [0.717, 1.165) is 82.2 Å². The van der Waals surface area contributed by atoms with Crippen LogP contribution in [-0.4, -0.2) is 75.6 Å². The van der Waals surface area contributed by atoms with Crippen LogP contribution in [0.4, 0.5) is 10.6 Å². The molecule has 0 amide bonds. The van der Waals surface area contributed by atoms with E-state index in [-0.39, 0.29) is 6.61 Å². The lowest BCUT2D eigenvalue weighted by molar-refractivity contribution is 0.0547. The minimum absolute atomic E-state index is 0.182. The Kier molecular flexibility index (Phi) is 7.66. The van der Waals surface area contributed by atoms with Crippen molar-refractivity contribution < 1.29 is 14.6 Å². The summed E-state index contributed by atoms with van der Waals surface area (Å²) >= 11 is 0. The number of pyridine rings is 2. The summed E-state index contributed by atoms with van der Waals surface area (Å²) in [4.78, 5) is 27.6. The van der Waals surface area contributed by atoms with Gasteiger partial charge in [0.25, 0.3) is 0 Å². The summed E-state index contributed by atoms with van der Waals surface area (Å²) < 4.78 is 7.60. The molecule has 0 radical (unpaired) electrons. The summed E-state index contributed by atoms with van der Waals surface area (Å²) in [5, 5.41) is 10.2. The largest absolute Gasteiger partial charge is 0.443 e. The fourth-order valence-corrected chi connectivity index (χ4v) is 5.53. The van der Waals surface area contributed by atoms with Crippen LogP contribution in [0.2, 0.25) is 0 Å². The van der Waals surface area contributed by atoms with Crippen molar-refractivity contribution >= 4 is 22.8 Å². The van der Waals surface area contributed by atoms with Gasteiger partial charge in [-0.05, 0) is 88.6 Å². The second kappa shape index (κ2) is 11.0. The SMILES string of the molecule is Cc1cc(-c2ccc3c(C)c(-c4ccc(N5CCN(CCO)CC5)nc4)n(C(=O)OC(C)(C)C)c3c2)cc(C)n1. The van der Waals surface area contributed by atoms with Crippen LogP contribution in [0.5, 0.6) is 0 Å². The number of carbonyl (C=O) groups is 1. The maximum absolute atomic E-state index is 13.7. The maximum atomic E-state index is 13.7. The van der Waals surface area contributed by atoms with Gasteiger partial charge in [-0.25, -0.2) is 14.3 Å². The van der Waals surface area contributed by atoms with Crippen LogP contribution in [0.3, 0.4) is 0 Å². The van der Waals surface area contributed by atoms with E-state index in [1.807, 2.05) is 59.9 Å². The van der Waals surface area contributed by atoms with Crippen molar-refractivity contribution in [1.29, 1.82) is 0 Å². The van der Waals surface area contributed by atoms with Gasteiger partial charge < -0.3 is 14.7 Å². The number of carbonyl (C=O) groups excluding carboxylic acids is 1. The van der Waals surface area contributed by atoms with E-state index in [1.54, 1.807) is 4.57 Å². The molecule has 210 valence electrons. The Balaban J connectivity index is 1.57. The highest BCUT2D eigenvalue weighted by Crippen LogP contribution is 2.36. The Morgan fingerprint density at radius 2 is 1.60 bits per heavy atom. The van der Waals surface area contributed by atoms with Crippen LogP contribution in [0.1, 0.15) is 37.7 Å². The minimum Gasteiger partial charge on any atom is -0.443 e. The van der Waals surface area contributed by atoms with Crippen molar-refractivity contribution in [1.82, 2.24) is 19.4 Å². The molecule has 1 aliphatic heterocycles. The molecule has 4 heterocycles. The van der Waals surface area contributed by atoms with Crippen LogP contribution in [-0.2, 0) is 4.74 Å². The van der Waals surface area contributed by atoms with Gasteiger partial charge in [0, 0.05) is 61.3 Å². The van der Waals surface area contributed by atoms with Gasteiger partial charge in [0.15, 0.2) is 0 Å². The van der Waals surface area contributed by atoms with Gasteiger partial charge >= 0.3 is 6.09 Å². The molecule has 1 fully saturated rings. The number of anilines is 1. The number of rotatable bonds is 5. The van der Waals surface area contributed by atoms with E-state index < -0.39 is 11.7 Å². The first-order valence-corrected chi connectivity index (χ1v) is 13.9. The van der Waals surface area contributed by atoms with E-state index in [9.17, 15) is 9.90 Å². The summed E-state index contributed by atoms with van der Waals surface area (Å²) in [6.07, 6.45) is 1.44. The van der Waals surface area contributed by atoms with Crippen molar-refractivity contribution in [2.24, 2.45) is 0 Å². The molecule has 5 rings (SSSR count). The molecule has 8 heteroatoms. The van der Waals surface area contributed by atoms with Gasteiger partial charge in [-0.2, -0.15) is 0 Å². The van der Waals surface area contributed by atoms with Crippen molar-refractivity contribution in [3.8, 4) is 22.4 Å². The molecule has 0 aliphatic carbocycles. The molecule has 8 nitrogen and oxygen atoms in total. The quantitative estimate of drug-likeness (QED) is 0.353. The zero-order chi connectivity index (χ0) is 28.6. The predicted molar refractivity (Wildman–Crippen MR) is 160 cm³/mol. The smallest absolute Gasteiger partial charge is 0.419 e. The van der Waals surface area contributed by atoms with Gasteiger partial charge in [-0.15, -0.1) is 0 Å². The fourth-order valence-electron chi connectivity index (χ4n) is 5.53. The number of β-amino-alcohol motifs (C(OH)–C–C–N with tert-alkyl or cyclic N) is 1.